The van der Waals surface area contributed by atoms with Crippen LogP contribution in [0.3, 0.4) is 0 Å². The van der Waals surface area contributed by atoms with Gasteiger partial charge in [-0.2, -0.15) is 5.26 Å². The molecule has 3 N–H and O–H groups in total. The fraction of sp³-hybridized carbons (Fsp3) is 0.375. The van der Waals surface area contributed by atoms with E-state index < -0.39 is 17.4 Å². The van der Waals surface area contributed by atoms with Crippen molar-refractivity contribution in [3.8, 4) is 6.07 Å². The van der Waals surface area contributed by atoms with Crippen LogP contribution in [-0.2, 0) is 16.0 Å². The van der Waals surface area contributed by atoms with Gasteiger partial charge in [-0.3, -0.25) is 8.51 Å². The molecule has 1 amide bonds. The molecule has 0 radical (unpaired) electrons. The van der Waals surface area contributed by atoms with E-state index in [1.807, 2.05) is 0 Å². The van der Waals surface area contributed by atoms with Crippen LogP contribution in [-0.4, -0.2) is 32.0 Å². The number of hydrogen-bond donors (Lipinski definition) is 2. The minimum atomic E-state index is -2.45. The fourth-order valence-electron chi connectivity index (χ4n) is 3.26. The third kappa shape index (κ3) is 3.75. The van der Waals surface area contributed by atoms with Crippen LogP contribution in [0.2, 0.25) is 0 Å². The summed E-state index contributed by atoms with van der Waals surface area (Å²) in [5.74, 6) is 0.456. The molecule has 0 aliphatic heterocycles. The average Bonchev–Trinajstić information content (AvgIpc) is 2.98. The number of nitrogens with two attached hydrogens (primary N) is 1. The maximum atomic E-state index is 11.8. The molecule has 1 aliphatic carbocycles. The van der Waals surface area contributed by atoms with Crippen LogP contribution in [0.4, 0.5) is 10.6 Å². The van der Waals surface area contributed by atoms with Gasteiger partial charge in [0.25, 0.3) is 0 Å². The first-order chi connectivity index (χ1) is 12.0. The molecular weight excluding hydrogens is 344 g/mol. The van der Waals surface area contributed by atoms with Crippen LogP contribution in [0.5, 0.6) is 0 Å². The molecule has 3 rings (SSSR count). The molecule has 1 aromatic carbocycles. The SMILES string of the molecule is N#Cc1ccc2cc(N(C3CCC(OC(N)=O)CC3)S(=O)[O-])[nH]c2c1. The molecule has 1 aliphatic rings. The summed E-state index contributed by atoms with van der Waals surface area (Å²) < 4.78 is 29.9. The second kappa shape index (κ2) is 7.13. The first-order valence-corrected chi connectivity index (χ1v) is 8.88. The Kier molecular flexibility index (Phi) is 4.92. The van der Waals surface area contributed by atoms with Crippen molar-refractivity contribution in [1.29, 1.82) is 5.26 Å². The highest BCUT2D eigenvalue weighted by Gasteiger charge is 2.29. The Balaban J connectivity index is 1.81. The molecule has 1 unspecified atom stereocenters. The number of fused-ring (bicyclic) bond motifs is 1. The number of carbonyl (C=O) groups excluding carboxylic acids is 1. The zero-order chi connectivity index (χ0) is 18.0. The number of nitrogens with zero attached hydrogens (tertiary/aromatic N) is 2. The summed E-state index contributed by atoms with van der Waals surface area (Å²) >= 11 is -2.45. The summed E-state index contributed by atoms with van der Waals surface area (Å²) in [4.78, 5) is 13.9. The highest BCUT2D eigenvalue weighted by Crippen LogP contribution is 2.31. The molecule has 1 atom stereocenters. The molecule has 1 heterocycles. The Morgan fingerprint density at radius 3 is 2.68 bits per heavy atom. The van der Waals surface area contributed by atoms with Crippen molar-refractivity contribution in [2.24, 2.45) is 5.73 Å². The van der Waals surface area contributed by atoms with Gasteiger partial charge in [0.2, 0.25) is 0 Å². The summed E-state index contributed by atoms with van der Waals surface area (Å²) in [7, 11) is 0. The molecule has 2 aromatic rings. The molecule has 1 saturated carbocycles. The van der Waals surface area contributed by atoms with Crippen molar-refractivity contribution in [3.63, 3.8) is 0 Å². The van der Waals surface area contributed by atoms with Crippen molar-refractivity contribution in [3.05, 3.63) is 29.8 Å². The van der Waals surface area contributed by atoms with E-state index in [0.717, 1.165) is 5.39 Å². The van der Waals surface area contributed by atoms with Gasteiger partial charge >= 0.3 is 6.09 Å². The highest BCUT2D eigenvalue weighted by atomic mass is 32.2. The van der Waals surface area contributed by atoms with Crippen molar-refractivity contribution in [2.45, 2.75) is 37.8 Å². The van der Waals surface area contributed by atoms with E-state index >= 15 is 0 Å². The molecule has 1 fully saturated rings. The number of benzene rings is 1. The van der Waals surface area contributed by atoms with E-state index in [2.05, 4.69) is 11.1 Å². The summed E-state index contributed by atoms with van der Waals surface area (Å²) in [5, 5.41) is 9.80. The van der Waals surface area contributed by atoms with Crippen LogP contribution in [0.1, 0.15) is 31.2 Å². The van der Waals surface area contributed by atoms with Gasteiger partial charge in [0.15, 0.2) is 0 Å². The number of rotatable bonds is 4. The lowest BCUT2D eigenvalue weighted by Crippen LogP contribution is -2.41. The minimum Gasteiger partial charge on any atom is -0.755 e. The quantitative estimate of drug-likeness (QED) is 0.803. The highest BCUT2D eigenvalue weighted by molar-refractivity contribution is 7.80. The third-order valence-electron chi connectivity index (χ3n) is 4.39. The molecule has 9 heteroatoms. The van der Waals surface area contributed by atoms with Gasteiger partial charge in [-0.1, -0.05) is 6.07 Å². The van der Waals surface area contributed by atoms with Gasteiger partial charge in [-0.05, 0) is 43.9 Å². The van der Waals surface area contributed by atoms with E-state index in [1.54, 1.807) is 24.3 Å². The fourth-order valence-corrected chi connectivity index (χ4v) is 3.97. The Hall–Kier alpha value is -2.57. The van der Waals surface area contributed by atoms with Crippen molar-refractivity contribution >= 4 is 34.1 Å². The number of amides is 1. The number of aromatic amines is 1. The number of ether oxygens (including phenoxy) is 1. The first-order valence-electron chi connectivity index (χ1n) is 7.85. The Labute approximate surface area is 147 Å². The summed E-state index contributed by atoms with van der Waals surface area (Å²) in [5.41, 5.74) is 6.23. The molecule has 0 spiro atoms. The van der Waals surface area contributed by atoms with Crippen LogP contribution in [0.15, 0.2) is 24.3 Å². The number of nitrogens with one attached hydrogen (secondary N) is 1. The van der Waals surface area contributed by atoms with Crippen molar-refractivity contribution < 1.29 is 18.3 Å². The van der Waals surface area contributed by atoms with Crippen molar-refractivity contribution in [2.75, 3.05) is 4.31 Å². The number of hydrogen-bond acceptors (Lipinski definition) is 5. The van der Waals surface area contributed by atoms with E-state index in [0.29, 0.717) is 42.6 Å². The van der Waals surface area contributed by atoms with Gasteiger partial charge in [0.1, 0.15) is 11.9 Å². The number of anilines is 1. The van der Waals surface area contributed by atoms with Gasteiger partial charge in [0.05, 0.1) is 11.6 Å². The Morgan fingerprint density at radius 1 is 1.36 bits per heavy atom. The number of H-pyrrole nitrogens is 1. The van der Waals surface area contributed by atoms with Crippen LogP contribution < -0.4 is 10.0 Å². The molecular formula is C16H17N4O4S-. The summed E-state index contributed by atoms with van der Waals surface area (Å²) in [6, 6.07) is 8.72. The molecule has 0 bridgehead atoms. The average molecular weight is 361 g/mol. The summed E-state index contributed by atoms with van der Waals surface area (Å²) in [6.45, 7) is 0. The predicted octanol–water partition coefficient (Wildman–Crippen LogP) is 2.05. The lowest BCUT2D eigenvalue weighted by Gasteiger charge is -2.37. The van der Waals surface area contributed by atoms with Crippen LogP contribution in [0, 0.1) is 11.3 Å². The lowest BCUT2D eigenvalue weighted by atomic mass is 9.93. The minimum absolute atomic E-state index is 0.227. The molecule has 8 nitrogen and oxygen atoms in total. The molecule has 1 aromatic heterocycles. The standard InChI is InChI=1S/C16H18N4O4S/c17-9-10-1-2-11-8-15(19-14(11)7-10)20(25(22)23)12-3-5-13(6-4-12)24-16(18)21/h1-2,7-8,12-13,19H,3-6H2,(H2,18,21)(H,22,23)/p-1. The lowest BCUT2D eigenvalue weighted by molar-refractivity contribution is 0.0794. The van der Waals surface area contributed by atoms with E-state index in [-0.39, 0.29) is 12.1 Å². The van der Waals surface area contributed by atoms with Gasteiger partial charge < -0.3 is 20.0 Å². The monoisotopic (exact) mass is 361 g/mol. The number of nitriles is 1. The smallest absolute Gasteiger partial charge is 0.404 e. The Bertz CT molecular complexity index is 851. The summed E-state index contributed by atoms with van der Waals surface area (Å²) in [6.07, 6.45) is 1.16. The van der Waals surface area contributed by atoms with E-state index in [4.69, 9.17) is 15.7 Å². The zero-order valence-corrected chi connectivity index (χ0v) is 14.1. The maximum Gasteiger partial charge on any atom is 0.404 e. The van der Waals surface area contributed by atoms with Crippen LogP contribution in [0.25, 0.3) is 10.9 Å². The number of primary amides is 1. The molecule has 0 saturated heterocycles. The van der Waals surface area contributed by atoms with Gasteiger partial charge in [-0.15, -0.1) is 0 Å². The van der Waals surface area contributed by atoms with Gasteiger partial charge in [0, 0.05) is 28.2 Å². The zero-order valence-electron chi connectivity index (χ0n) is 13.3. The number of carbonyl (C=O) groups is 1. The largest absolute Gasteiger partial charge is 0.755 e. The first kappa shape index (κ1) is 17.3. The van der Waals surface area contributed by atoms with Gasteiger partial charge in [-0.25, -0.2) is 4.79 Å². The van der Waals surface area contributed by atoms with E-state index in [1.165, 1.54) is 4.31 Å². The normalized spacial score (nSPS) is 21.4. The van der Waals surface area contributed by atoms with Crippen LogP contribution >= 0.6 is 0 Å². The second-order valence-electron chi connectivity index (χ2n) is 5.98. The number of aromatic nitrogens is 1. The van der Waals surface area contributed by atoms with Crippen molar-refractivity contribution in [1.82, 2.24) is 4.98 Å². The third-order valence-corrected chi connectivity index (χ3v) is 5.21. The van der Waals surface area contributed by atoms with E-state index in [9.17, 15) is 13.6 Å². The second-order valence-corrected chi connectivity index (χ2v) is 6.81. The maximum absolute atomic E-state index is 11.8. The molecule has 25 heavy (non-hydrogen) atoms. The topological polar surface area (TPSA) is 135 Å². The Morgan fingerprint density at radius 2 is 2.08 bits per heavy atom. The molecule has 132 valence electrons. The predicted molar refractivity (Wildman–Crippen MR) is 91.1 cm³/mol.